The summed E-state index contributed by atoms with van der Waals surface area (Å²) in [5.41, 5.74) is 2.59. The highest BCUT2D eigenvalue weighted by molar-refractivity contribution is 8.15. The molecule has 0 saturated carbocycles. The summed E-state index contributed by atoms with van der Waals surface area (Å²) in [6.07, 6.45) is -0.0957. The summed E-state index contributed by atoms with van der Waals surface area (Å²) < 4.78 is 20.9. The van der Waals surface area contributed by atoms with Crippen LogP contribution in [-0.4, -0.2) is 59.1 Å². The SMILES string of the molecule is CCOC(=O)c1ccc(N=C2S[C@@H](CC(=O)Nc3ccc(C(=O)OCC)cc3)C(=O)N2Cc2ccc3c(c2)OCO3)cc1. The second-order valence-corrected chi connectivity index (χ2v) is 10.6. The molecule has 0 spiro atoms. The number of ether oxygens (including phenoxy) is 4. The summed E-state index contributed by atoms with van der Waals surface area (Å²) in [4.78, 5) is 56.7. The lowest BCUT2D eigenvalue weighted by molar-refractivity contribution is -0.128. The number of nitrogens with zero attached hydrogens (tertiary/aromatic N) is 2. The quantitative estimate of drug-likeness (QED) is 0.320. The number of amides is 2. The van der Waals surface area contributed by atoms with Crippen LogP contribution < -0.4 is 14.8 Å². The van der Waals surface area contributed by atoms with Gasteiger partial charge >= 0.3 is 11.9 Å². The van der Waals surface area contributed by atoms with E-state index in [2.05, 4.69) is 10.3 Å². The van der Waals surface area contributed by atoms with Gasteiger partial charge in [0.15, 0.2) is 16.7 Å². The summed E-state index contributed by atoms with van der Waals surface area (Å²) >= 11 is 1.19. The number of amidine groups is 1. The van der Waals surface area contributed by atoms with Crippen LogP contribution in [0.1, 0.15) is 46.5 Å². The van der Waals surface area contributed by atoms with Crippen molar-refractivity contribution in [2.45, 2.75) is 32.1 Å². The highest BCUT2D eigenvalue weighted by Crippen LogP contribution is 2.36. The van der Waals surface area contributed by atoms with Crippen molar-refractivity contribution in [3.63, 3.8) is 0 Å². The zero-order valence-corrected chi connectivity index (χ0v) is 24.3. The highest BCUT2D eigenvalue weighted by Gasteiger charge is 2.39. The number of anilines is 1. The summed E-state index contributed by atoms with van der Waals surface area (Å²) in [5, 5.41) is 2.49. The number of fused-ring (bicyclic) bond motifs is 1. The summed E-state index contributed by atoms with van der Waals surface area (Å²) in [6.45, 7) is 4.33. The number of thioether (sulfide) groups is 1. The molecule has 1 saturated heterocycles. The number of esters is 2. The van der Waals surface area contributed by atoms with Crippen LogP contribution in [-0.2, 0) is 25.6 Å². The Morgan fingerprint density at radius 1 is 0.907 bits per heavy atom. The Labute approximate surface area is 252 Å². The van der Waals surface area contributed by atoms with E-state index in [1.54, 1.807) is 68.4 Å². The zero-order valence-electron chi connectivity index (χ0n) is 23.5. The Kier molecular flexibility index (Phi) is 9.26. The number of aliphatic imine (C=N–C) groups is 1. The van der Waals surface area contributed by atoms with E-state index in [0.717, 1.165) is 5.56 Å². The maximum absolute atomic E-state index is 13.6. The minimum atomic E-state index is -0.717. The predicted octanol–water partition coefficient (Wildman–Crippen LogP) is 4.93. The van der Waals surface area contributed by atoms with E-state index in [4.69, 9.17) is 18.9 Å². The normalized spacial score (nSPS) is 16.3. The van der Waals surface area contributed by atoms with Crippen molar-refractivity contribution in [3.8, 4) is 11.5 Å². The molecule has 12 heteroatoms. The number of benzene rings is 3. The standard InChI is InChI=1S/C31H29N3O8S/c1-3-39-29(37)20-6-10-22(11-7-20)32-27(35)16-26-28(36)34(17-19-5-14-24-25(15-19)42-18-41-24)31(43-26)33-23-12-8-21(9-13-23)30(38)40-4-2/h5-15,26H,3-4,16-18H2,1-2H3,(H,32,35)/t26-/m0/s1. The number of carbonyl (C=O) groups is 4. The average molecular weight is 604 g/mol. The van der Waals surface area contributed by atoms with Gasteiger partial charge in [0.2, 0.25) is 18.6 Å². The van der Waals surface area contributed by atoms with Crippen molar-refractivity contribution in [2.75, 3.05) is 25.3 Å². The average Bonchev–Trinajstić information content (AvgIpc) is 3.58. The molecule has 0 bridgehead atoms. The Morgan fingerprint density at radius 3 is 2.19 bits per heavy atom. The lowest BCUT2D eigenvalue weighted by atomic mass is 10.1. The van der Waals surface area contributed by atoms with Crippen LogP contribution in [0.5, 0.6) is 11.5 Å². The monoisotopic (exact) mass is 603 g/mol. The molecular weight excluding hydrogens is 574 g/mol. The highest BCUT2D eigenvalue weighted by atomic mass is 32.2. The van der Waals surface area contributed by atoms with E-state index in [-0.39, 0.29) is 44.8 Å². The fourth-order valence-corrected chi connectivity index (χ4v) is 5.53. The Hall–Kier alpha value is -4.84. The minimum absolute atomic E-state index is 0.0957. The van der Waals surface area contributed by atoms with Gasteiger partial charge in [-0.2, -0.15) is 0 Å². The smallest absolute Gasteiger partial charge is 0.338 e. The van der Waals surface area contributed by atoms with Crippen LogP contribution in [0.15, 0.2) is 71.7 Å². The first-order valence-electron chi connectivity index (χ1n) is 13.6. The van der Waals surface area contributed by atoms with Crippen molar-refractivity contribution in [3.05, 3.63) is 83.4 Å². The van der Waals surface area contributed by atoms with E-state index in [1.165, 1.54) is 16.7 Å². The Morgan fingerprint density at radius 2 is 1.53 bits per heavy atom. The molecule has 0 aliphatic carbocycles. The molecule has 1 atom stereocenters. The zero-order chi connectivity index (χ0) is 30.3. The molecule has 0 aromatic heterocycles. The topological polar surface area (TPSA) is 133 Å². The molecular formula is C31H29N3O8S. The largest absolute Gasteiger partial charge is 0.462 e. The summed E-state index contributed by atoms with van der Waals surface area (Å²) in [5.74, 6) is -0.285. The van der Waals surface area contributed by atoms with Gasteiger partial charge in [0.1, 0.15) is 5.25 Å². The molecule has 0 radical (unpaired) electrons. The second-order valence-electron chi connectivity index (χ2n) is 9.43. The van der Waals surface area contributed by atoms with Gasteiger partial charge in [-0.3, -0.25) is 14.5 Å². The lowest BCUT2D eigenvalue weighted by Gasteiger charge is -2.17. The number of nitrogens with one attached hydrogen (secondary N) is 1. The van der Waals surface area contributed by atoms with Gasteiger partial charge < -0.3 is 24.3 Å². The third-order valence-corrected chi connectivity index (χ3v) is 7.63. The molecule has 222 valence electrons. The van der Waals surface area contributed by atoms with Gasteiger partial charge in [-0.15, -0.1) is 0 Å². The fraction of sp³-hybridized carbons (Fsp3) is 0.258. The van der Waals surface area contributed by atoms with Crippen molar-refractivity contribution < 1.29 is 38.1 Å². The fourth-order valence-electron chi connectivity index (χ4n) is 4.37. The molecule has 2 heterocycles. The molecule has 1 fully saturated rings. The molecule has 43 heavy (non-hydrogen) atoms. The van der Waals surface area contributed by atoms with Gasteiger partial charge in [0, 0.05) is 12.1 Å². The van der Waals surface area contributed by atoms with E-state index in [0.29, 0.717) is 39.2 Å². The van der Waals surface area contributed by atoms with Gasteiger partial charge in [-0.05, 0) is 80.1 Å². The van der Waals surface area contributed by atoms with Crippen LogP contribution in [0.4, 0.5) is 11.4 Å². The van der Waals surface area contributed by atoms with Crippen molar-refractivity contribution in [1.29, 1.82) is 0 Å². The van der Waals surface area contributed by atoms with Crippen LogP contribution in [0.2, 0.25) is 0 Å². The number of hydrogen-bond donors (Lipinski definition) is 1. The van der Waals surface area contributed by atoms with Crippen LogP contribution in [0.3, 0.4) is 0 Å². The second kappa shape index (κ2) is 13.4. The van der Waals surface area contributed by atoms with Crippen LogP contribution in [0, 0.1) is 0 Å². The van der Waals surface area contributed by atoms with Gasteiger partial charge in [-0.1, -0.05) is 17.8 Å². The van der Waals surface area contributed by atoms with Crippen molar-refractivity contribution in [1.82, 2.24) is 4.90 Å². The third-order valence-electron chi connectivity index (χ3n) is 6.45. The van der Waals surface area contributed by atoms with E-state index >= 15 is 0 Å². The van der Waals surface area contributed by atoms with Gasteiger partial charge in [0.25, 0.3) is 0 Å². The van der Waals surface area contributed by atoms with E-state index in [9.17, 15) is 19.2 Å². The maximum atomic E-state index is 13.6. The van der Waals surface area contributed by atoms with Crippen molar-refractivity contribution in [2.24, 2.45) is 4.99 Å². The Balaban J connectivity index is 1.32. The molecule has 11 nitrogen and oxygen atoms in total. The molecule has 2 aliphatic heterocycles. The predicted molar refractivity (Wildman–Crippen MR) is 160 cm³/mol. The lowest BCUT2D eigenvalue weighted by Crippen LogP contribution is -2.33. The van der Waals surface area contributed by atoms with Crippen molar-refractivity contribution >= 4 is 52.1 Å². The molecule has 3 aromatic rings. The molecule has 3 aromatic carbocycles. The first-order chi connectivity index (χ1) is 20.8. The summed E-state index contributed by atoms with van der Waals surface area (Å²) in [6, 6.07) is 18.3. The number of rotatable bonds is 10. The molecule has 2 aliphatic rings. The Bertz CT molecular complexity index is 1560. The number of hydrogen-bond acceptors (Lipinski definition) is 10. The first kappa shape index (κ1) is 29.6. The van der Waals surface area contributed by atoms with Crippen LogP contribution in [0.25, 0.3) is 0 Å². The molecule has 0 unspecified atom stereocenters. The maximum Gasteiger partial charge on any atom is 0.338 e. The third kappa shape index (κ3) is 7.15. The molecule has 2 amide bonds. The van der Waals surface area contributed by atoms with E-state index < -0.39 is 17.2 Å². The van der Waals surface area contributed by atoms with E-state index in [1.807, 2.05) is 12.1 Å². The van der Waals surface area contributed by atoms with Gasteiger partial charge in [0.05, 0.1) is 36.6 Å². The molecule has 5 rings (SSSR count). The van der Waals surface area contributed by atoms with Gasteiger partial charge in [-0.25, -0.2) is 14.6 Å². The first-order valence-corrected chi connectivity index (χ1v) is 14.5. The van der Waals surface area contributed by atoms with Crippen LogP contribution >= 0.6 is 11.8 Å². The number of carbonyl (C=O) groups excluding carboxylic acids is 4. The minimum Gasteiger partial charge on any atom is -0.462 e. The summed E-state index contributed by atoms with van der Waals surface area (Å²) in [7, 11) is 0. The molecule has 1 N–H and O–H groups in total.